The van der Waals surface area contributed by atoms with E-state index in [0.717, 1.165) is 0 Å². The highest BCUT2D eigenvalue weighted by molar-refractivity contribution is 6.03. The maximum absolute atomic E-state index is 11.4. The summed E-state index contributed by atoms with van der Waals surface area (Å²) in [5.41, 5.74) is 0.500. The monoisotopic (exact) mass is 223 g/mol. The van der Waals surface area contributed by atoms with Crippen LogP contribution in [0.1, 0.15) is 18.4 Å². The number of hydrogen-bond acceptors (Lipinski definition) is 5. The van der Waals surface area contributed by atoms with Crippen LogP contribution in [0, 0.1) is 0 Å². The van der Waals surface area contributed by atoms with Gasteiger partial charge in [0.25, 0.3) is 0 Å². The molecule has 0 fully saturated rings. The van der Waals surface area contributed by atoms with E-state index in [9.17, 15) is 9.59 Å². The van der Waals surface area contributed by atoms with Gasteiger partial charge in [0, 0.05) is 12.3 Å². The topological polar surface area (TPSA) is 65.5 Å². The zero-order valence-electron chi connectivity index (χ0n) is 9.39. The van der Waals surface area contributed by atoms with Gasteiger partial charge in [-0.25, -0.2) is 4.98 Å². The summed E-state index contributed by atoms with van der Waals surface area (Å²) < 4.78 is 9.45. The fourth-order valence-corrected chi connectivity index (χ4v) is 1.34. The third-order valence-electron chi connectivity index (χ3n) is 2.15. The van der Waals surface area contributed by atoms with Crippen molar-refractivity contribution in [3.63, 3.8) is 0 Å². The average Bonchev–Trinajstić information content (AvgIpc) is 2.29. The number of carbonyl (C=O) groups excluding carboxylic acids is 2. The van der Waals surface area contributed by atoms with Gasteiger partial charge in [-0.05, 0) is 12.5 Å². The Hall–Kier alpha value is -1.91. The highest BCUT2D eigenvalue weighted by Gasteiger charge is 2.26. The number of aromatic nitrogens is 1. The van der Waals surface area contributed by atoms with Crippen molar-refractivity contribution in [2.75, 3.05) is 14.2 Å². The fourth-order valence-electron chi connectivity index (χ4n) is 1.34. The van der Waals surface area contributed by atoms with E-state index in [1.54, 1.807) is 12.1 Å². The first-order chi connectivity index (χ1) is 7.60. The van der Waals surface area contributed by atoms with E-state index in [2.05, 4.69) is 9.72 Å². The molecule has 5 nitrogen and oxygen atoms in total. The van der Waals surface area contributed by atoms with Crippen molar-refractivity contribution in [2.45, 2.75) is 12.8 Å². The second-order valence-corrected chi connectivity index (χ2v) is 3.20. The minimum absolute atomic E-state index is 0.279. The maximum atomic E-state index is 11.4. The van der Waals surface area contributed by atoms with Gasteiger partial charge < -0.3 is 9.47 Å². The zero-order chi connectivity index (χ0) is 12.1. The summed E-state index contributed by atoms with van der Waals surface area (Å²) in [7, 11) is 2.74. The van der Waals surface area contributed by atoms with Crippen LogP contribution in [0.5, 0.6) is 5.88 Å². The molecule has 0 spiro atoms. The first-order valence-electron chi connectivity index (χ1n) is 4.68. The Labute approximate surface area is 93.4 Å². The van der Waals surface area contributed by atoms with Crippen LogP contribution < -0.4 is 4.74 Å². The minimum atomic E-state index is -0.914. The minimum Gasteiger partial charge on any atom is -0.481 e. The normalized spacial score (nSPS) is 11.7. The Bertz CT molecular complexity index is 385. The SMILES string of the molecule is COC(=O)C(C(C)=O)c1ccc(OC)nc1. The lowest BCUT2D eigenvalue weighted by Crippen LogP contribution is -2.21. The molecular weight excluding hydrogens is 210 g/mol. The van der Waals surface area contributed by atoms with E-state index < -0.39 is 11.9 Å². The molecule has 0 aromatic carbocycles. The van der Waals surface area contributed by atoms with Gasteiger partial charge in [0.1, 0.15) is 11.7 Å². The Morgan fingerprint density at radius 2 is 2.00 bits per heavy atom. The molecule has 1 rings (SSSR count). The maximum Gasteiger partial charge on any atom is 0.320 e. The van der Waals surface area contributed by atoms with E-state index in [1.165, 1.54) is 27.3 Å². The van der Waals surface area contributed by atoms with Gasteiger partial charge in [0.15, 0.2) is 0 Å². The Morgan fingerprint density at radius 3 is 2.38 bits per heavy atom. The van der Waals surface area contributed by atoms with E-state index in [4.69, 9.17) is 4.74 Å². The summed E-state index contributed by atoms with van der Waals surface area (Å²) in [6.45, 7) is 1.34. The molecule has 1 aromatic rings. The molecular formula is C11H13NO4. The van der Waals surface area contributed by atoms with Crippen molar-refractivity contribution in [1.82, 2.24) is 4.98 Å². The van der Waals surface area contributed by atoms with E-state index in [1.807, 2.05) is 0 Å². The summed E-state index contributed by atoms with van der Waals surface area (Å²) in [5.74, 6) is -1.35. The lowest BCUT2D eigenvalue weighted by atomic mass is 9.97. The van der Waals surface area contributed by atoms with Crippen LogP contribution >= 0.6 is 0 Å². The van der Waals surface area contributed by atoms with Gasteiger partial charge in [-0.15, -0.1) is 0 Å². The molecule has 0 aliphatic carbocycles. The van der Waals surface area contributed by atoms with Crippen molar-refractivity contribution >= 4 is 11.8 Å². The van der Waals surface area contributed by atoms with Gasteiger partial charge in [0.2, 0.25) is 5.88 Å². The van der Waals surface area contributed by atoms with E-state index in [-0.39, 0.29) is 5.78 Å². The predicted molar refractivity (Wildman–Crippen MR) is 56.2 cm³/mol. The third-order valence-corrected chi connectivity index (χ3v) is 2.15. The second-order valence-electron chi connectivity index (χ2n) is 3.20. The van der Waals surface area contributed by atoms with E-state index >= 15 is 0 Å². The third kappa shape index (κ3) is 2.56. The molecule has 1 heterocycles. The first kappa shape index (κ1) is 12.2. The molecule has 1 unspecified atom stereocenters. The number of esters is 1. The number of ketones is 1. The smallest absolute Gasteiger partial charge is 0.320 e. The van der Waals surface area contributed by atoms with Crippen LogP contribution in [-0.4, -0.2) is 31.0 Å². The highest BCUT2D eigenvalue weighted by atomic mass is 16.5. The van der Waals surface area contributed by atoms with Gasteiger partial charge in [0.05, 0.1) is 14.2 Å². The molecule has 0 radical (unpaired) electrons. The number of rotatable bonds is 4. The molecule has 0 saturated heterocycles. The molecule has 86 valence electrons. The Balaban J connectivity index is 3.02. The van der Waals surface area contributed by atoms with Crippen molar-refractivity contribution in [3.8, 4) is 5.88 Å². The van der Waals surface area contributed by atoms with Crippen LogP contribution in [0.25, 0.3) is 0 Å². The predicted octanol–water partition coefficient (Wildman–Crippen LogP) is 0.936. The summed E-state index contributed by atoms with van der Waals surface area (Å²) >= 11 is 0. The van der Waals surface area contributed by atoms with Crippen molar-refractivity contribution in [3.05, 3.63) is 23.9 Å². The molecule has 0 aliphatic heterocycles. The number of methoxy groups -OCH3 is 2. The molecule has 1 aromatic heterocycles. The lowest BCUT2D eigenvalue weighted by molar-refractivity contribution is -0.145. The Morgan fingerprint density at radius 1 is 1.31 bits per heavy atom. The summed E-state index contributed by atoms with van der Waals surface area (Å²) in [6, 6.07) is 3.21. The number of Topliss-reactive ketones (excluding diaryl/α,β-unsaturated/α-hetero) is 1. The van der Waals surface area contributed by atoms with Crippen molar-refractivity contribution < 1.29 is 19.1 Å². The van der Waals surface area contributed by atoms with E-state index in [0.29, 0.717) is 11.4 Å². The number of nitrogens with zero attached hydrogens (tertiary/aromatic N) is 1. The van der Waals surface area contributed by atoms with Gasteiger partial charge >= 0.3 is 5.97 Å². The zero-order valence-corrected chi connectivity index (χ0v) is 9.39. The first-order valence-corrected chi connectivity index (χ1v) is 4.68. The van der Waals surface area contributed by atoms with Crippen molar-refractivity contribution in [2.24, 2.45) is 0 Å². The number of ether oxygens (including phenoxy) is 2. The number of hydrogen-bond donors (Lipinski definition) is 0. The fraction of sp³-hybridized carbons (Fsp3) is 0.364. The largest absolute Gasteiger partial charge is 0.481 e. The molecule has 0 N–H and O–H groups in total. The van der Waals surface area contributed by atoms with Crippen LogP contribution in [-0.2, 0) is 14.3 Å². The van der Waals surface area contributed by atoms with Gasteiger partial charge in [-0.2, -0.15) is 0 Å². The summed E-state index contributed by atoms with van der Waals surface area (Å²) in [4.78, 5) is 26.7. The molecule has 16 heavy (non-hydrogen) atoms. The standard InChI is InChI=1S/C11H13NO4/c1-7(13)10(11(14)16-3)8-4-5-9(15-2)12-6-8/h4-6,10H,1-3H3. The molecule has 0 saturated carbocycles. The molecule has 0 bridgehead atoms. The number of pyridine rings is 1. The molecule has 5 heteroatoms. The quantitative estimate of drug-likeness (QED) is 0.561. The Kier molecular flexibility index (Phi) is 3.99. The summed E-state index contributed by atoms with van der Waals surface area (Å²) in [6.07, 6.45) is 1.43. The second kappa shape index (κ2) is 5.25. The van der Waals surface area contributed by atoms with Crippen molar-refractivity contribution in [1.29, 1.82) is 0 Å². The van der Waals surface area contributed by atoms with Crippen LogP contribution in [0.3, 0.4) is 0 Å². The average molecular weight is 223 g/mol. The molecule has 0 amide bonds. The molecule has 0 aliphatic rings. The summed E-state index contributed by atoms with van der Waals surface area (Å²) in [5, 5.41) is 0. The van der Waals surface area contributed by atoms with Crippen LogP contribution in [0.2, 0.25) is 0 Å². The van der Waals surface area contributed by atoms with Gasteiger partial charge in [-0.3, -0.25) is 9.59 Å². The molecule has 1 atom stereocenters. The van der Waals surface area contributed by atoms with Crippen LogP contribution in [0.15, 0.2) is 18.3 Å². The van der Waals surface area contributed by atoms with Crippen LogP contribution in [0.4, 0.5) is 0 Å². The highest BCUT2D eigenvalue weighted by Crippen LogP contribution is 2.19. The lowest BCUT2D eigenvalue weighted by Gasteiger charge is -2.11. The van der Waals surface area contributed by atoms with Gasteiger partial charge in [-0.1, -0.05) is 6.07 Å². The number of carbonyl (C=O) groups is 2.